The number of anilines is 1. The molecule has 14 heavy (non-hydrogen) atoms. The molecule has 0 heterocycles. The molecule has 0 bridgehead atoms. The fourth-order valence-corrected chi connectivity index (χ4v) is 1.19. The summed E-state index contributed by atoms with van der Waals surface area (Å²) in [5.74, 6) is -0.177. The van der Waals surface area contributed by atoms with E-state index in [-0.39, 0.29) is 11.2 Å². The maximum Gasteiger partial charge on any atom is 0.123 e. The maximum atomic E-state index is 12.8. The second-order valence-electron chi connectivity index (χ2n) is 4.87. The highest BCUT2D eigenvalue weighted by molar-refractivity contribution is 5.50. The van der Waals surface area contributed by atoms with Gasteiger partial charge in [0.05, 0.1) is 0 Å². The average molecular weight is 195 g/mol. The van der Waals surface area contributed by atoms with Gasteiger partial charge >= 0.3 is 0 Å². The van der Waals surface area contributed by atoms with Crippen molar-refractivity contribution in [2.45, 2.75) is 27.7 Å². The Bertz CT molecular complexity index is 313. The van der Waals surface area contributed by atoms with Crippen molar-refractivity contribution in [3.63, 3.8) is 0 Å². The SMILES string of the molecule is Cc1cc(F)ccc1NCC(C)(C)C. The van der Waals surface area contributed by atoms with Gasteiger partial charge in [-0.25, -0.2) is 4.39 Å². The van der Waals surface area contributed by atoms with E-state index in [0.29, 0.717) is 0 Å². The van der Waals surface area contributed by atoms with Crippen LogP contribution < -0.4 is 5.32 Å². The molecule has 1 aromatic rings. The predicted molar refractivity (Wildman–Crippen MR) is 59.1 cm³/mol. The zero-order valence-electron chi connectivity index (χ0n) is 9.32. The first-order valence-corrected chi connectivity index (χ1v) is 4.88. The summed E-state index contributed by atoms with van der Waals surface area (Å²) in [4.78, 5) is 0. The van der Waals surface area contributed by atoms with Crippen molar-refractivity contribution in [2.24, 2.45) is 5.41 Å². The molecule has 1 N–H and O–H groups in total. The molecule has 1 rings (SSSR count). The van der Waals surface area contributed by atoms with Gasteiger partial charge in [0.2, 0.25) is 0 Å². The topological polar surface area (TPSA) is 12.0 Å². The van der Waals surface area contributed by atoms with Crippen LogP contribution in [-0.4, -0.2) is 6.54 Å². The van der Waals surface area contributed by atoms with Crippen molar-refractivity contribution in [1.29, 1.82) is 0 Å². The third-order valence-electron chi connectivity index (χ3n) is 2.00. The summed E-state index contributed by atoms with van der Waals surface area (Å²) in [5.41, 5.74) is 2.21. The van der Waals surface area contributed by atoms with E-state index in [4.69, 9.17) is 0 Å². The van der Waals surface area contributed by atoms with Crippen LogP contribution in [0, 0.1) is 18.2 Å². The third kappa shape index (κ3) is 3.36. The summed E-state index contributed by atoms with van der Waals surface area (Å²) in [6.45, 7) is 9.30. The predicted octanol–water partition coefficient (Wildman–Crippen LogP) is 3.59. The molecule has 0 amide bonds. The Hall–Kier alpha value is -1.05. The molecule has 0 radical (unpaired) electrons. The van der Waals surface area contributed by atoms with Crippen LogP contribution in [0.3, 0.4) is 0 Å². The highest BCUT2D eigenvalue weighted by atomic mass is 19.1. The number of halogens is 1. The molecule has 0 saturated carbocycles. The summed E-state index contributed by atoms with van der Waals surface area (Å²) in [6.07, 6.45) is 0. The molecule has 0 spiro atoms. The first-order valence-electron chi connectivity index (χ1n) is 4.88. The van der Waals surface area contributed by atoms with Gasteiger partial charge in [-0.05, 0) is 36.1 Å². The lowest BCUT2D eigenvalue weighted by Crippen LogP contribution is -2.19. The molecule has 1 aromatic carbocycles. The van der Waals surface area contributed by atoms with Gasteiger partial charge in [0.1, 0.15) is 5.82 Å². The highest BCUT2D eigenvalue weighted by Crippen LogP contribution is 2.19. The van der Waals surface area contributed by atoms with Gasteiger partial charge < -0.3 is 5.32 Å². The largest absolute Gasteiger partial charge is 0.384 e. The van der Waals surface area contributed by atoms with Gasteiger partial charge in [0.15, 0.2) is 0 Å². The zero-order chi connectivity index (χ0) is 10.8. The molecule has 0 unspecified atom stereocenters. The van der Waals surface area contributed by atoms with Gasteiger partial charge in [-0.3, -0.25) is 0 Å². The van der Waals surface area contributed by atoms with Gasteiger partial charge in [-0.1, -0.05) is 20.8 Å². The molecule has 1 nitrogen and oxygen atoms in total. The molecule has 0 aliphatic rings. The first-order chi connectivity index (χ1) is 6.38. The lowest BCUT2D eigenvalue weighted by Gasteiger charge is -2.20. The smallest absolute Gasteiger partial charge is 0.123 e. The Morgan fingerprint density at radius 2 is 1.93 bits per heavy atom. The summed E-state index contributed by atoms with van der Waals surface area (Å²) < 4.78 is 12.8. The van der Waals surface area contributed by atoms with Crippen LogP contribution in [-0.2, 0) is 0 Å². The van der Waals surface area contributed by atoms with Crippen LogP contribution in [0.2, 0.25) is 0 Å². The molecule has 0 atom stereocenters. The normalized spacial score (nSPS) is 11.5. The lowest BCUT2D eigenvalue weighted by atomic mass is 9.97. The monoisotopic (exact) mass is 195 g/mol. The quantitative estimate of drug-likeness (QED) is 0.760. The van der Waals surface area contributed by atoms with Crippen molar-refractivity contribution in [2.75, 3.05) is 11.9 Å². The van der Waals surface area contributed by atoms with E-state index in [2.05, 4.69) is 26.1 Å². The van der Waals surface area contributed by atoms with Crippen LogP contribution in [0.5, 0.6) is 0 Å². The van der Waals surface area contributed by atoms with E-state index in [1.165, 1.54) is 6.07 Å². The van der Waals surface area contributed by atoms with E-state index in [1.54, 1.807) is 12.1 Å². The Labute approximate surface area is 85.3 Å². The molecular weight excluding hydrogens is 177 g/mol. The molecule has 0 saturated heterocycles. The van der Waals surface area contributed by atoms with E-state index in [1.807, 2.05) is 6.92 Å². The van der Waals surface area contributed by atoms with Crippen LogP contribution in [0.1, 0.15) is 26.3 Å². The van der Waals surface area contributed by atoms with E-state index in [9.17, 15) is 4.39 Å². The van der Waals surface area contributed by atoms with Crippen molar-refractivity contribution < 1.29 is 4.39 Å². The Kier molecular flexibility index (Phi) is 3.14. The fraction of sp³-hybridized carbons (Fsp3) is 0.500. The third-order valence-corrected chi connectivity index (χ3v) is 2.00. The second kappa shape index (κ2) is 3.99. The molecule has 0 aliphatic carbocycles. The van der Waals surface area contributed by atoms with E-state index >= 15 is 0 Å². The van der Waals surface area contributed by atoms with Gasteiger partial charge in [0.25, 0.3) is 0 Å². The van der Waals surface area contributed by atoms with Crippen LogP contribution in [0.25, 0.3) is 0 Å². The van der Waals surface area contributed by atoms with Crippen LogP contribution in [0.4, 0.5) is 10.1 Å². The van der Waals surface area contributed by atoms with Gasteiger partial charge in [-0.15, -0.1) is 0 Å². The second-order valence-corrected chi connectivity index (χ2v) is 4.87. The average Bonchev–Trinajstić information content (AvgIpc) is 2.00. The number of nitrogens with one attached hydrogen (secondary N) is 1. The standard InChI is InChI=1S/C12H18FN/c1-9-7-10(13)5-6-11(9)14-8-12(2,3)4/h5-7,14H,8H2,1-4H3. The summed E-state index contributed by atoms with van der Waals surface area (Å²) >= 11 is 0. The molecule has 0 fully saturated rings. The van der Waals surface area contributed by atoms with Crippen molar-refractivity contribution in [3.8, 4) is 0 Å². The minimum absolute atomic E-state index is 0.177. The Morgan fingerprint density at radius 3 is 2.43 bits per heavy atom. The molecule has 78 valence electrons. The summed E-state index contributed by atoms with van der Waals surface area (Å²) in [6, 6.07) is 4.82. The van der Waals surface area contributed by atoms with E-state index in [0.717, 1.165) is 17.8 Å². The molecular formula is C12H18FN. The minimum atomic E-state index is -0.177. The van der Waals surface area contributed by atoms with Crippen molar-refractivity contribution in [1.82, 2.24) is 0 Å². The summed E-state index contributed by atoms with van der Waals surface area (Å²) in [5, 5.41) is 3.31. The van der Waals surface area contributed by atoms with Crippen molar-refractivity contribution >= 4 is 5.69 Å². The zero-order valence-corrected chi connectivity index (χ0v) is 9.32. The van der Waals surface area contributed by atoms with Gasteiger partial charge in [0, 0.05) is 12.2 Å². The van der Waals surface area contributed by atoms with E-state index < -0.39 is 0 Å². The number of hydrogen-bond acceptors (Lipinski definition) is 1. The molecule has 2 heteroatoms. The number of rotatable bonds is 2. The Balaban J connectivity index is 2.68. The lowest BCUT2D eigenvalue weighted by molar-refractivity contribution is 0.443. The number of benzene rings is 1. The first kappa shape index (κ1) is 11.0. The van der Waals surface area contributed by atoms with Crippen LogP contribution >= 0.6 is 0 Å². The highest BCUT2D eigenvalue weighted by Gasteiger charge is 2.10. The van der Waals surface area contributed by atoms with Crippen LogP contribution in [0.15, 0.2) is 18.2 Å². The van der Waals surface area contributed by atoms with Gasteiger partial charge in [-0.2, -0.15) is 0 Å². The fourth-order valence-electron chi connectivity index (χ4n) is 1.19. The van der Waals surface area contributed by atoms with Crippen molar-refractivity contribution in [3.05, 3.63) is 29.6 Å². The molecule has 0 aliphatic heterocycles. The number of hydrogen-bond donors (Lipinski definition) is 1. The number of aryl methyl sites for hydroxylation is 1. The minimum Gasteiger partial charge on any atom is -0.384 e. The molecule has 0 aromatic heterocycles. The maximum absolute atomic E-state index is 12.8. The summed E-state index contributed by atoms with van der Waals surface area (Å²) in [7, 11) is 0. The Morgan fingerprint density at radius 1 is 1.29 bits per heavy atom.